The summed E-state index contributed by atoms with van der Waals surface area (Å²) in [6.07, 6.45) is -2.51. The number of nitrogens with one attached hydrogen (secondary N) is 2. The second-order valence-electron chi connectivity index (χ2n) is 14.2. The molecule has 1 saturated heterocycles. The van der Waals surface area contributed by atoms with Crippen molar-refractivity contribution in [3.63, 3.8) is 0 Å². The van der Waals surface area contributed by atoms with Crippen LogP contribution < -0.4 is 14.8 Å². The quantitative estimate of drug-likeness (QED) is 0.114. The van der Waals surface area contributed by atoms with Crippen LogP contribution in [-0.2, 0) is 10.0 Å². The molecule has 13 nitrogen and oxygen atoms in total. The Morgan fingerprint density at radius 1 is 1.06 bits per heavy atom. The molecular formula is C36H39ClF3N7O6S. The lowest BCUT2D eigenvalue weighted by molar-refractivity contribution is -0.190. The predicted molar refractivity (Wildman–Crippen MR) is 192 cm³/mol. The normalized spacial score (nSPS) is 18.2. The molecule has 6 rings (SSSR count). The summed E-state index contributed by atoms with van der Waals surface area (Å²) in [7, 11) is -4.46. The number of sulfonamides is 1. The fourth-order valence-corrected chi connectivity index (χ4v) is 8.11. The molecule has 3 aromatic heterocycles. The predicted octanol–water partition coefficient (Wildman–Crippen LogP) is 6.91. The fraction of sp³-hybridized carbons (Fsp3) is 0.417. The number of pyridine rings is 2. The highest BCUT2D eigenvalue weighted by Crippen LogP contribution is 2.59. The molecule has 2 aliphatic rings. The molecule has 0 bridgehead atoms. The number of amides is 2. The summed E-state index contributed by atoms with van der Waals surface area (Å²) in [6.45, 7) is 4.47. The van der Waals surface area contributed by atoms with E-state index in [1.807, 2.05) is 48.9 Å². The largest absolute Gasteiger partial charge is 0.477 e. The van der Waals surface area contributed by atoms with Gasteiger partial charge in [-0.3, -0.25) is 4.79 Å². The van der Waals surface area contributed by atoms with Crippen LogP contribution in [0.3, 0.4) is 0 Å². The van der Waals surface area contributed by atoms with Gasteiger partial charge < -0.3 is 20.1 Å². The SMILES string of the molecule is CC1(C)CC(C(CCNc2cccc(S(=O)(=O)NC(=O)c3ccc(-n4ccc(OCCC5(C(F)(F)F)CC5)n4)nc3Cl)n2)c2ccccc2)CN1C(=O)O. The zero-order chi connectivity index (χ0) is 38.9. The van der Waals surface area contributed by atoms with Crippen LogP contribution in [0.1, 0.15) is 67.8 Å². The van der Waals surface area contributed by atoms with Crippen molar-refractivity contribution in [2.24, 2.45) is 11.3 Å². The smallest absolute Gasteiger partial charge is 0.407 e. The summed E-state index contributed by atoms with van der Waals surface area (Å²) < 4.78 is 74.7. The first kappa shape index (κ1) is 38.8. The molecule has 2 atom stereocenters. The van der Waals surface area contributed by atoms with Crippen molar-refractivity contribution in [3.8, 4) is 11.7 Å². The van der Waals surface area contributed by atoms with Gasteiger partial charge in [-0.15, -0.1) is 5.10 Å². The molecule has 0 radical (unpaired) electrons. The highest BCUT2D eigenvalue weighted by molar-refractivity contribution is 7.90. The van der Waals surface area contributed by atoms with E-state index in [-0.39, 0.29) is 65.9 Å². The number of anilines is 1. The lowest BCUT2D eigenvalue weighted by atomic mass is 9.80. The number of aromatic nitrogens is 4. The third kappa shape index (κ3) is 8.57. The second-order valence-corrected chi connectivity index (χ2v) is 16.2. The van der Waals surface area contributed by atoms with Crippen molar-refractivity contribution in [1.82, 2.24) is 29.4 Å². The van der Waals surface area contributed by atoms with Gasteiger partial charge in [-0.1, -0.05) is 48.0 Å². The average molecular weight is 790 g/mol. The molecule has 1 saturated carbocycles. The lowest BCUT2D eigenvalue weighted by Gasteiger charge is -2.28. The maximum absolute atomic E-state index is 13.2. The van der Waals surface area contributed by atoms with Gasteiger partial charge in [0.1, 0.15) is 11.0 Å². The molecular weight excluding hydrogens is 751 g/mol. The molecule has 2 amide bonds. The zero-order valence-corrected chi connectivity index (χ0v) is 31.0. The minimum Gasteiger partial charge on any atom is -0.477 e. The summed E-state index contributed by atoms with van der Waals surface area (Å²) in [6, 6.07) is 18.2. The monoisotopic (exact) mass is 789 g/mol. The zero-order valence-electron chi connectivity index (χ0n) is 29.4. The number of ether oxygens (including phenoxy) is 1. The van der Waals surface area contributed by atoms with Crippen LogP contribution in [0.4, 0.5) is 23.8 Å². The van der Waals surface area contributed by atoms with Gasteiger partial charge in [0.05, 0.1) is 17.6 Å². The van der Waals surface area contributed by atoms with Gasteiger partial charge in [0.25, 0.3) is 15.9 Å². The first-order valence-corrected chi connectivity index (χ1v) is 19.1. The maximum atomic E-state index is 13.2. The Bertz CT molecular complexity index is 2110. The van der Waals surface area contributed by atoms with Crippen LogP contribution in [0.5, 0.6) is 5.88 Å². The molecule has 1 aliphatic heterocycles. The van der Waals surface area contributed by atoms with E-state index in [0.717, 1.165) is 5.56 Å². The summed E-state index contributed by atoms with van der Waals surface area (Å²) in [5.74, 6) is -0.486. The van der Waals surface area contributed by atoms with Crippen molar-refractivity contribution < 1.29 is 41.0 Å². The van der Waals surface area contributed by atoms with Gasteiger partial charge >= 0.3 is 12.3 Å². The summed E-state index contributed by atoms with van der Waals surface area (Å²) in [5, 5.41) is 16.3. The van der Waals surface area contributed by atoms with Gasteiger partial charge in [0.15, 0.2) is 10.8 Å². The number of likely N-dealkylation sites (tertiary alicyclic amines) is 1. The third-order valence-corrected chi connectivity index (χ3v) is 11.6. The number of benzene rings is 1. The standard InChI is InChI=1S/C36H39ClF3N7O6S/c1-34(2)21-24(22-46(34)33(49)50)25(23-7-4-3-5-8-23)13-18-41-27-9-6-10-30(42-27)54(51,52)45-32(48)26-11-12-28(43-31(26)37)47-19-14-29(44-47)53-20-17-35(15-16-35)36(38,39)40/h3-12,14,19,24-25H,13,15-18,20-22H2,1-2H3,(H,41,42)(H,45,48)(H,49,50). The van der Waals surface area contributed by atoms with Gasteiger partial charge in [0, 0.05) is 30.9 Å². The number of carbonyl (C=O) groups is 2. The Labute approximate surface area is 314 Å². The lowest BCUT2D eigenvalue weighted by Crippen LogP contribution is -2.41. The molecule has 18 heteroatoms. The van der Waals surface area contributed by atoms with E-state index >= 15 is 0 Å². The molecule has 2 fully saturated rings. The number of carbonyl (C=O) groups excluding carboxylic acids is 1. The average Bonchev–Trinajstić information content (AvgIpc) is 3.65. The first-order chi connectivity index (χ1) is 25.5. The molecule has 288 valence electrons. The van der Waals surface area contributed by atoms with E-state index in [4.69, 9.17) is 16.3 Å². The topological polar surface area (TPSA) is 169 Å². The highest BCUT2D eigenvalue weighted by Gasteiger charge is 2.62. The van der Waals surface area contributed by atoms with E-state index in [1.165, 1.54) is 46.1 Å². The summed E-state index contributed by atoms with van der Waals surface area (Å²) in [5.41, 5.74) is -1.37. The number of hydrogen-bond acceptors (Lipinski definition) is 9. The van der Waals surface area contributed by atoms with Crippen molar-refractivity contribution in [2.45, 2.75) is 68.6 Å². The number of nitrogens with zero attached hydrogens (tertiary/aromatic N) is 5. The Morgan fingerprint density at radius 2 is 1.80 bits per heavy atom. The van der Waals surface area contributed by atoms with Crippen LogP contribution in [-0.4, -0.2) is 81.6 Å². The molecule has 54 heavy (non-hydrogen) atoms. The number of hydrogen-bond donors (Lipinski definition) is 3. The van der Waals surface area contributed by atoms with E-state index in [2.05, 4.69) is 20.4 Å². The highest BCUT2D eigenvalue weighted by atomic mass is 35.5. The fourth-order valence-electron chi connectivity index (χ4n) is 6.94. The molecule has 4 aromatic rings. The Hall–Kier alpha value is -4.90. The molecule has 4 heterocycles. The maximum Gasteiger partial charge on any atom is 0.407 e. The number of alkyl halides is 3. The first-order valence-electron chi connectivity index (χ1n) is 17.2. The van der Waals surface area contributed by atoms with E-state index in [0.29, 0.717) is 25.9 Å². The van der Waals surface area contributed by atoms with Crippen LogP contribution >= 0.6 is 11.6 Å². The van der Waals surface area contributed by atoms with Crippen molar-refractivity contribution in [1.29, 1.82) is 0 Å². The summed E-state index contributed by atoms with van der Waals surface area (Å²) >= 11 is 6.27. The van der Waals surface area contributed by atoms with Gasteiger partial charge in [-0.05, 0) is 87.6 Å². The second kappa shape index (κ2) is 15.1. The Morgan fingerprint density at radius 3 is 2.44 bits per heavy atom. The number of halogens is 4. The van der Waals surface area contributed by atoms with Gasteiger partial charge in [-0.25, -0.2) is 24.2 Å². The minimum absolute atomic E-state index is 0.0217. The van der Waals surface area contributed by atoms with Crippen LogP contribution in [0.2, 0.25) is 5.15 Å². The molecule has 0 spiro atoms. The van der Waals surface area contributed by atoms with Crippen LogP contribution in [0.15, 0.2) is 78.0 Å². The summed E-state index contributed by atoms with van der Waals surface area (Å²) in [4.78, 5) is 34.8. The van der Waals surface area contributed by atoms with Crippen LogP contribution in [0.25, 0.3) is 5.82 Å². The van der Waals surface area contributed by atoms with Crippen LogP contribution in [0, 0.1) is 11.3 Å². The number of rotatable bonds is 14. The molecule has 3 N–H and O–H groups in total. The minimum atomic E-state index is -4.46. The Balaban J connectivity index is 1.06. The van der Waals surface area contributed by atoms with Gasteiger partial charge in [0.2, 0.25) is 5.88 Å². The molecule has 1 aliphatic carbocycles. The van der Waals surface area contributed by atoms with Crippen molar-refractivity contribution in [3.05, 3.63) is 89.2 Å². The molecule has 2 unspecified atom stereocenters. The number of carboxylic acid groups (broad SMARTS) is 1. The van der Waals surface area contributed by atoms with Crippen molar-refractivity contribution >= 4 is 39.4 Å². The molecule has 1 aromatic carbocycles. The third-order valence-electron chi connectivity index (χ3n) is 10.1. The van der Waals surface area contributed by atoms with E-state index < -0.39 is 44.2 Å². The van der Waals surface area contributed by atoms with Gasteiger partial charge in [-0.2, -0.15) is 21.6 Å². The van der Waals surface area contributed by atoms with Crippen molar-refractivity contribution in [2.75, 3.05) is 25.0 Å². The Kier molecular flexibility index (Phi) is 10.8. The van der Waals surface area contributed by atoms with E-state index in [9.17, 15) is 36.3 Å². The van der Waals surface area contributed by atoms with E-state index in [1.54, 1.807) is 6.07 Å².